The van der Waals surface area contributed by atoms with Crippen molar-refractivity contribution in [3.05, 3.63) is 58.9 Å². The van der Waals surface area contributed by atoms with Gasteiger partial charge in [-0.2, -0.15) is 4.98 Å². The largest absolute Gasteiger partial charge is 0.417 e. The number of aromatic nitrogens is 4. The number of carbonyl (C=O) groups is 1. The lowest BCUT2D eigenvalue weighted by molar-refractivity contribution is -0.211. The maximum Gasteiger partial charge on any atom is 0.417 e. The molecule has 0 radical (unpaired) electrons. The van der Waals surface area contributed by atoms with E-state index in [0.717, 1.165) is 61.2 Å². The van der Waals surface area contributed by atoms with Crippen LogP contribution in [-0.4, -0.2) is 38.2 Å². The lowest BCUT2D eigenvalue weighted by Crippen LogP contribution is -2.71. The van der Waals surface area contributed by atoms with E-state index >= 15 is 0 Å². The second kappa shape index (κ2) is 8.64. The van der Waals surface area contributed by atoms with Crippen molar-refractivity contribution in [2.75, 3.05) is 11.4 Å². The fourth-order valence-corrected chi connectivity index (χ4v) is 8.23. The van der Waals surface area contributed by atoms with Gasteiger partial charge in [0.25, 0.3) is 0 Å². The molecule has 6 saturated carbocycles. The van der Waals surface area contributed by atoms with Crippen molar-refractivity contribution in [3.63, 3.8) is 0 Å². The maximum atomic E-state index is 14.6. The molecule has 10 heteroatoms. The summed E-state index contributed by atoms with van der Waals surface area (Å²) in [4.78, 5) is 39.9. The zero-order valence-electron chi connectivity index (χ0n) is 24.8. The van der Waals surface area contributed by atoms with E-state index in [1.165, 1.54) is 0 Å². The summed E-state index contributed by atoms with van der Waals surface area (Å²) in [7, 11) is 0. The van der Waals surface area contributed by atoms with Crippen LogP contribution in [-0.2, 0) is 15.6 Å². The number of rotatable bonds is 6. The molecule has 3 heterocycles. The third kappa shape index (κ3) is 4.12. The molecule has 1 amide bonds. The molecule has 0 unspecified atom stereocenters. The monoisotopic (exact) mass is 585 g/mol. The second-order valence-corrected chi connectivity index (χ2v) is 15.0. The highest BCUT2D eigenvalue weighted by atomic mass is 19.1. The summed E-state index contributed by atoms with van der Waals surface area (Å²) >= 11 is 0. The van der Waals surface area contributed by atoms with Crippen LogP contribution in [0, 0.1) is 10.8 Å². The van der Waals surface area contributed by atoms with E-state index in [1.807, 2.05) is 17.0 Å². The molecule has 0 spiro atoms. The van der Waals surface area contributed by atoms with E-state index in [1.54, 1.807) is 24.5 Å². The zero-order valence-corrected chi connectivity index (χ0v) is 24.8. The molecule has 0 atom stereocenters. The number of aromatic amines is 1. The van der Waals surface area contributed by atoms with Gasteiger partial charge >= 0.3 is 5.76 Å². The van der Waals surface area contributed by atoms with Gasteiger partial charge in [-0.3, -0.25) is 14.8 Å². The summed E-state index contributed by atoms with van der Waals surface area (Å²) in [5.41, 5.74) is 1.38. The maximum absolute atomic E-state index is 14.6. The molecular weight excluding hydrogens is 549 g/mol. The third-order valence-corrected chi connectivity index (χ3v) is 10.9. The summed E-state index contributed by atoms with van der Waals surface area (Å²) in [5.74, 6) is 1.01. The Bertz CT molecular complexity index is 1790. The Morgan fingerprint density at radius 2 is 1.74 bits per heavy atom. The zero-order chi connectivity index (χ0) is 29.8. The number of halogens is 1. The Labute approximate surface area is 248 Å². The smallest absolute Gasteiger partial charge is 0.408 e. The van der Waals surface area contributed by atoms with E-state index < -0.39 is 16.8 Å². The molecule has 6 fully saturated rings. The number of amides is 1. The summed E-state index contributed by atoms with van der Waals surface area (Å²) in [6.07, 6.45) is 10.2. The number of hydrogen-bond donors (Lipinski definition) is 1. The normalized spacial score (nSPS) is 31.1. The van der Waals surface area contributed by atoms with Gasteiger partial charge < -0.3 is 13.8 Å². The Balaban J connectivity index is 1.09. The molecule has 4 bridgehead atoms. The second-order valence-electron chi connectivity index (χ2n) is 15.0. The first-order chi connectivity index (χ1) is 20.4. The molecule has 6 aliphatic rings. The van der Waals surface area contributed by atoms with E-state index in [9.17, 15) is 14.0 Å². The number of carbonyl (C=O) groups excluding carboxylic acids is 1. The predicted octanol–water partition coefficient (Wildman–Crippen LogP) is 6.38. The highest BCUT2D eigenvalue weighted by Crippen LogP contribution is 2.70. The highest BCUT2D eigenvalue weighted by molar-refractivity contribution is 6.00. The van der Waals surface area contributed by atoms with Gasteiger partial charge in [0.1, 0.15) is 5.67 Å². The Morgan fingerprint density at radius 1 is 1.02 bits per heavy atom. The minimum Gasteiger partial charge on any atom is -0.408 e. The van der Waals surface area contributed by atoms with E-state index in [0.29, 0.717) is 42.8 Å². The van der Waals surface area contributed by atoms with Crippen molar-refractivity contribution in [2.24, 2.45) is 10.8 Å². The van der Waals surface area contributed by atoms with Gasteiger partial charge in [-0.05, 0) is 87.0 Å². The molecule has 224 valence electrons. The van der Waals surface area contributed by atoms with E-state index in [-0.39, 0.29) is 22.2 Å². The quantitative estimate of drug-likeness (QED) is 0.279. The number of oxazole rings is 1. The topological polar surface area (TPSA) is 118 Å². The molecule has 6 aliphatic carbocycles. The molecule has 4 aromatic rings. The lowest BCUT2D eigenvalue weighted by Gasteiger charge is -2.65. The fourth-order valence-electron chi connectivity index (χ4n) is 8.23. The Morgan fingerprint density at radius 3 is 2.40 bits per heavy atom. The Kier molecular flexibility index (Phi) is 5.38. The minimum absolute atomic E-state index is 0.0165. The van der Waals surface area contributed by atoms with Crippen LogP contribution < -0.4 is 10.7 Å². The molecule has 1 N–H and O–H groups in total. The summed E-state index contributed by atoms with van der Waals surface area (Å²) in [6.45, 7) is 6.82. The number of H-pyrrole nitrogens is 1. The SMILES string of the molecule is CC(C)(C)c1nc(C23CCC(CN(C(=O)C45CC(F)(C4)C5)c4cncc(-c5ccc6[nH]c(=O)oc6c5)c4)(CC2)CC3)no1. The number of anilines is 1. The van der Waals surface area contributed by atoms with Crippen LogP contribution >= 0.6 is 0 Å². The fraction of sp³-hybridized carbons (Fsp3) is 0.545. The highest BCUT2D eigenvalue weighted by Gasteiger charge is 2.73. The van der Waals surface area contributed by atoms with Crippen LogP contribution in [0.4, 0.5) is 10.1 Å². The van der Waals surface area contributed by atoms with Gasteiger partial charge in [-0.25, -0.2) is 9.18 Å². The average molecular weight is 586 g/mol. The van der Waals surface area contributed by atoms with Crippen molar-refractivity contribution in [1.82, 2.24) is 20.1 Å². The summed E-state index contributed by atoms with van der Waals surface area (Å²) < 4.78 is 25.5. The van der Waals surface area contributed by atoms with Gasteiger partial charge in [0.15, 0.2) is 11.4 Å². The first-order valence-electron chi connectivity index (χ1n) is 15.3. The van der Waals surface area contributed by atoms with Gasteiger partial charge in [0.05, 0.1) is 22.8 Å². The van der Waals surface area contributed by atoms with Crippen molar-refractivity contribution >= 4 is 22.7 Å². The van der Waals surface area contributed by atoms with Crippen LogP contribution in [0.3, 0.4) is 0 Å². The molecule has 0 saturated heterocycles. The molecule has 0 aliphatic heterocycles. The first-order valence-corrected chi connectivity index (χ1v) is 15.3. The molecule has 3 aromatic heterocycles. The van der Waals surface area contributed by atoms with Crippen LogP contribution in [0.25, 0.3) is 22.2 Å². The number of pyridine rings is 1. The van der Waals surface area contributed by atoms with Crippen LogP contribution in [0.5, 0.6) is 0 Å². The Hall–Kier alpha value is -3.82. The number of nitrogens with one attached hydrogen (secondary N) is 1. The number of alkyl halides is 1. The molecule has 10 rings (SSSR count). The van der Waals surface area contributed by atoms with E-state index in [4.69, 9.17) is 13.9 Å². The summed E-state index contributed by atoms with van der Waals surface area (Å²) in [5, 5.41) is 4.43. The van der Waals surface area contributed by atoms with Gasteiger partial charge in [-0.1, -0.05) is 32.0 Å². The van der Waals surface area contributed by atoms with E-state index in [2.05, 4.69) is 35.9 Å². The number of hydrogen-bond acceptors (Lipinski definition) is 7. The number of fused-ring (bicyclic) bond motifs is 4. The molecule has 43 heavy (non-hydrogen) atoms. The molecule has 9 nitrogen and oxygen atoms in total. The van der Waals surface area contributed by atoms with Crippen molar-refractivity contribution in [3.8, 4) is 11.1 Å². The number of nitrogens with zero attached hydrogens (tertiary/aromatic N) is 4. The van der Waals surface area contributed by atoms with Gasteiger partial charge in [-0.15, -0.1) is 0 Å². The van der Waals surface area contributed by atoms with Crippen LogP contribution in [0.2, 0.25) is 0 Å². The average Bonchev–Trinajstić information content (AvgIpc) is 3.61. The van der Waals surface area contributed by atoms with Crippen molar-refractivity contribution in [2.45, 2.75) is 95.1 Å². The lowest BCUT2D eigenvalue weighted by atomic mass is 9.41. The van der Waals surface area contributed by atoms with Gasteiger partial charge in [0.2, 0.25) is 11.8 Å². The van der Waals surface area contributed by atoms with Crippen molar-refractivity contribution < 1.29 is 18.1 Å². The minimum atomic E-state index is -1.17. The standard InChI is InChI=1S/C33H36FN5O4/c1-29(2,3)26-37-25(38-43-26)31-9-6-30(7-10-31,8-11-31)19-39(27(40)32-16-33(34,17-32)18-32)22-12-21(14-35-15-22)20-4-5-23-24(13-20)42-28(41)36-23/h4-5,12-15H,6-11,16-19H2,1-3H3,(H,36,41). The van der Waals surface area contributed by atoms with Gasteiger partial charge in [0, 0.05) is 29.1 Å². The van der Waals surface area contributed by atoms with Crippen molar-refractivity contribution in [1.29, 1.82) is 0 Å². The molecule has 1 aromatic carbocycles. The third-order valence-electron chi connectivity index (χ3n) is 10.9. The molecular formula is C33H36FN5O4. The summed E-state index contributed by atoms with van der Waals surface area (Å²) in [6, 6.07) is 7.49. The first kappa shape index (κ1) is 26.8. The van der Waals surface area contributed by atoms with Crippen LogP contribution in [0.15, 0.2) is 50.4 Å². The van der Waals surface area contributed by atoms with Crippen LogP contribution in [0.1, 0.15) is 90.3 Å². The predicted molar refractivity (Wildman–Crippen MR) is 157 cm³/mol. The number of benzene rings is 1.